The molecule has 3 rings (SSSR count). The number of hydrogen-bond acceptors (Lipinski definition) is 4. The number of carbonyl (C=O) groups is 1. The van der Waals surface area contributed by atoms with Crippen LogP contribution in [0, 0.1) is 12.8 Å². The predicted molar refractivity (Wildman–Crippen MR) is 121 cm³/mol. The number of nitrogens with one attached hydrogen (secondary N) is 1. The normalized spacial score (nSPS) is 12.7. The Morgan fingerprint density at radius 3 is 2.48 bits per heavy atom. The van der Waals surface area contributed by atoms with Crippen molar-refractivity contribution in [1.82, 2.24) is 14.1 Å². The first kappa shape index (κ1) is 22.8. The van der Waals surface area contributed by atoms with Gasteiger partial charge in [0.05, 0.1) is 18.2 Å². The summed E-state index contributed by atoms with van der Waals surface area (Å²) in [6, 6.07) is 12.3. The second-order valence-electron chi connectivity index (χ2n) is 7.14. The third-order valence-electron chi connectivity index (χ3n) is 4.69. The van der Waals surface area contributed by atoms with Crippen LogP contribution in [-0.2, 0) is 17.9 Å². The first-order valence-corrected chi connectivity index (χ1v) is 10.5. The highest BCUT2D eigenvalue weighted by atomic mass is 79.9. The van der Waals surface area contributed by atoms with Gasteiger partial charge in [-0.15, -0.1) is 0 Å². The van der Waals surface area contributed by atoms with Gasteiger partial charge >= 0.3 is 17.3 Å². The van der Waals surface area contributed by atoms with Crippen molar-refractivity contribution in [2.24, 2.45) is 10.9 Å². The maximum absolute atomic E-state index is 13.2. The standard InChI is InChI=1S/C21H20BrClN4O4/c1-12-9-16(7-8-17(12)22)24-19-25-20(30)27(10-13(2)18(28)29)21(31)26(19)11-14-3-5-15(23)6-4-14/h3-9,13H,10-11H2,1-2H3,(H,28,29)(H,24,25,30)/t13-/m0/s1. The van der Waals surface area contributed by atoms with Crippen LogP contribution in [0.25, 0.3) is 0 Å². The summed E-state index contributed by atoms with van der Waals surface area (Å²) in [4.78, 5) is 44.1. The van der Waals surface area contributed by atoms with E-state index < -0.39 is 23.3 Å². The van der Waals surface area contributed by atoms with E-state index in [0.29, 0.717) is 10.7 Å². The molecule has 8 nitrogen and oxygen atoms in total. The minimum absolute atomic E-state index is 0.0610. The zero-order valence-corrected chi connectivity index (χ0v) is 19.1. The van der Waals surface area contributed by atoms with Gasteiger partial charge in [-0.2, -0.15) is 0 Å². The summed E-state index contributed by atoms with van der Waals surface area (Å²) < 4.78 is 3.09. The molecule has 1 aromatic heterocycles. The Hall–Kier alpha value is -2.91. The number of H-pyrrole nitrogens is 1. The highest BCUT2D eigenvalue weighted by molar-refractivity contribution is 9.10. The van der Waals surface area contributed by atoms with Crippen molar-refractivity contribution < 1.29 is 9.90 Å². The monoisotopic (exact) mass is 506 g/mol. The molecule has 0 radical (unpaired) electrons. The zero-order valence-electron chi connectivity index (χ0n) is 16.8. The van der Waals surface area contributed by atoms with Crippen LogP contribution in [0.3, 0.4) is 0 Å². The lowest BCUT2D eigenvalue weighted by atomic mass is 10.2. The van der Waals surface area contributed by atoms with Gasteiger partial charge in [-0.1, -0.05) is 46.6 Å². The molecule has 1 atom stereocenters. The van der Waals surface area contributed by atoms with Gasteiger partial charge in [-0.3, -0.25) is 14.3 Å². The second-order valence-corrected chi connectivity index (χ2v) is 8.43. The van der Waals surface area contributed by atoms with E-state index in [1.54, 1.807) is 30.3 Å². The Morgan fingerprint density at radius 2 is 1.87 bits per heavy atom. The van der Waals surface area contributed by atoms with Crippen molar-refractivity contribution in [3.8, 4) is 0 Å². The number of halogens is 2. The van der Waals surface area contributed by atoms with Gasteiger partial charge in [-0.25, -0.2) is 19.1 Å². The molecule has 0 amide bonds. The molecule has 0 aliphatic carbocycles. The fourth-order valence-corrected chi connectivity index (χ4v) is 3.26. The van der Waals surface area contributed by atoms with Crippen LogP contribution >= 0.6 is 27.5 Å². The molecule has 31 heavy (non-hydrogen) atoms. The Kier molecular flexibility index (Phi) is 6.97. The smallest absolute Gasteiger partial charge is 0.335 e. The van der Waals surface area contributed by atoms with E-state index in [9.17, 15) is 19.5 Å². The van der Waals surface area contributed by atoms with Crippen LogP contribution in [0.1, 0.15) is 18.1 Å². The van der Waals surface area contributed by atoms with Gasteiger partial charge in [0.25, 0.3) is 0 Å². The third kappa shape index (κ3) is 5.42. The van der Waals surface area contributed by atoms with Crippen molar-refractivity contribution in [2.45, 2.75) is 26.9 Å². The number of rotatable bonds is 6. The van der Waals surface area contributed by atoms with Crippen LogP contribution in [0.2, 0.25) is 5.02 Å². The average molecular weight is 508 g/mol. The fourth-order valence-electron chi connectivity index (χ4n) is 2.89. The molecule has 0 saturated heterocycles. The first-order chi connectivity index (χ1) is 14.7. The quantitative estimate of drug-likeness (QED) is 0.534. The SMILES string of the molecule is Cc1cc(/N=c2\[nH]c(=O)n(C[C@H](C)C(=O)O)c(=O)n2Cc2ccc(Cl)cc2)ccc1Br. The van der Waals surface area contributed by atoms with E-state index in [1.807, 2.05) is 19.1 Å². The molecule has 2 N–H and O–H groups in total. The zero-order chi connectivity index (χ0) is 22.7. The second kappa shape index (κ2) is 9.49. The molecule has 0 aliphatic rings. The molecule has 0 aliphatic heterocycles. The lowest BCUT2D eigenvalue weighted by Gasteiger charge is -2.13. The van der Waals surface area contributed by atoms with Crippen LogP contribution in [-0.4, -0.2) is 25.2 Å². The fraction of sp³-hybridized carbons (Fsp3) is 0.238. The molecule has 0 fully saturated rings. The van der Waals surface area contributed by atoms with Crippen molar-refractivity contribution in [3.05, 3.63) is 89.7 Å². The first-order valence-electron chi connectivity index (χ1n) is 9.38. The Labute approximate surface area is 190 Å². The lowest BCUT2D eigenvalue weighted by Crippen LogP contribution is -2.51. The van der Waals surface area contributed by atoms with E-state index in [1.165, 1.54) is 11.5 Å². The molecule has 0 saturated carbocycles. The summed E-state index contributed by atoms with van der Waals surface area (Å²) >= 11 is 9.38. The minimum atomic E-state index is -1.10. The summed E-state index contributed by atoms with van der Waals surface area (Å²) in [5.41, 5.74) is 0.942. The number of aromatic nitrogens is 3. The average Bonchev–Trinajstić information content (AvgIpc) is 2.72. The van der Waals surface area contributed by atoms with E-state index >= 15 is 0 Å². The largest absolute Gasteiger partial charge is 0.481 e. The van der Waals surface area contributed by atoms with Crippen LogP contribution in [0.15, 0.2) is 61.5 Å². The summed E-state index contributed by atoms with van der Waals surface area (Å²) in [5, 5.41) is 9.74. The van der Waals surface area contributed by atoms with Gasteiger partial charge < -0.3 is 5.11 Å². The predicted octanol–water partition coefficient (Wildman–Crippen LogP) is 3.06. The Bertz CT molecular complexity index is 1310. The lowest BCUT2D eigenvalue weighted by molar-refractivity contribution is -0.141. The topological polar surface area (TPSA) is 109 Å². The Morgan fingerprint density at radius 1 is 1.19 bits per heavy atom. The molecule has 0 bridgehead atoms. The summed E-state index contributed by atoms with van der Waals surface area (Å²) in [5.74, 6) is -2.02. The highest BCUT2D eigenvalue weighted by Gasteiger charge is 2.17. The molecule has 2 aromatic carbocycles. The number of aliphatic carboxylic acids is 1. The van der Waals surface area contributed by atoms with Crippen molar-refractivity contribution in [2.75, 3.05) is 0 Å². The van der Waals surface area contributed by atoms with E-state index in [-0.39, 0.29) is 18.7 Å². The van der Waals surface area contributed by atoms with Gasteiger partial charge in [0.2, 0.25) is 5.62 Å². The third-order valence-corrected chi connectivity index (χ3v) is 5.83. The van der Waals surface area contributed by atoms with Crippen molar-refractivity contribution in [3.63, 3.8) is 0 Å². The Balaban J connectivity index is 2.20. The van der Waals surface area contributed by atoms with Gasteiger partial charge in [0.15, 0.2) is 0 Å². The van der Waals surface area contributed by atoms with Crippen LogP contribution in [0.4, 0.5) is 5.69 Å². The van der Waals surface area contributed by atoms with Crippen LogP contribution in [0.5, 0.6) is 0 Å². The van der Waals surface area contributed by atoms with E-state index in [0.717, 1.165) is 20.2 Å². The number of aryl methyl sites for hydroxylation is 1. The molecule has 0 spiro atoms. The molecule has 162 valence electrons. The molecule has 1 heterocycles. The number of nitrogens with zero attached hydrogens (tertiary/aromatic N) is 3. The maximum atomic E-state index is 13.2. The summed E-state index contributed by atoms with van der Waals surface area (Å²) in [7, 11) is 0. The number of hydrogen-bond donors (Lipinski definition) is 2. The summed E-state index contributed by atoms with van der Waals surface area (Å²) in [6.45, 7) is 3.18. The summed E-state index contributed by atoms with van der Waals surface area (Å²) in [6.07, 6.45) is 0. The molecule has 10 heteroatoms. The van der Waals surface area contributed by atoms with Gasteiger partial charge in [0.1, 0.15) is 0 Å². The van der Waals surface area contributed by atoms with Crippen molar-refractivity contribution >= 4 is 39.2 Å². The van der Waals surface area contributed by atoms with Crippen molar-refractivity contribution in [1.29, 1.82) is 0 Å². The number of aromatic amines is 1. The highest BCUT2D eigenvalue weighted by Crippen LogP contribution is 2.21. The molecular formula is C21H20BrClN4O4. The van der Waals surface area contributed by atoms with Crippen LogP contribution < -0.4 is 17.0 Å². The molecule has 0 unspecified atom stereocenters. The van der Waals surface area contributed by atoms with E-state index in [2.05, 4.69) is 25.9 Å². The number of carboxylic acids is 1. The van der Waals surface area contributed by atoms with E-state index in [4.69, 9.17) is 11.6 Å². The van der Waals surface area contributed by atoms with Gasteiger partial charge in [0, 0.05) is 16.0 Å². The molecule has 3 aromatic rings. The molecular weight excluding hydrogens is 488 g/mol. The minimum Gasteiger partial charge on any atom is -0.481 e. The maximum Gasteiger partial charge on any atom is 0.335 e. The number of carboxylic acid groups (broad SMARTS) is 1. The van der Waals surface area contributed by atoms with Gasteiger partial charge in [-0.05, 0) is 48.4 Å². The number of benzene rings is 2.